The lowest BCUT2D eigenvalue weighted by molar-refractivity contribution is -0.522. The van der Waals surface area contributed by atoms with E-state index in [0.717, 1.165) is 24.2 Å². The maximum Gasteiger partial charge on any atom is 0.234 e. The summed E-state index contributed by atoms with van der Waals surface area (Å²) >= 11 is 5.95. The Balaban J connectivity index is 2.06. The van der Waals surface area contributed by atoms with Crippen LogP contribution >= 0.6 is 11.6 Å². The molecule has 1 aliphatic heterocycles. The summed E-state index contributed by atoms with van der Waals surface area (Å²) < 4.78 is 0. The smallest absolute Gasteiger partial charge is 0.234 e. The van der Waals surface area contributed by atoms with Crippen LogP contribution < -0.4 is 4.90 Å². The van der Waals surface area contributed by atoms with Gasteiger partial charge in [-0.05, 0) is 41.8 Å². The van der Waals surface area contributed by atoms with Gasteiger partial charge in [0.1, 0.15) is 6.04 Å². The zero-order chi connectivity index (χ0) is 15.7. The van der Waals surface area contributed by atoms with E-state index in [1.54, 1.807) is 6.92 Å². The molecule has 22 heavy (non-hydrogen) atoms. The van der Waals surface area contributed by atoms with Crippen LogP contribution in [0.2, 0.25) is 5.02 Å². The molecule has 2 aromatic carbocycles. The van der Waals surface area contributed by atoms with Crippen LogP contribution in [0.15, 0.2) is 48.5 Å². The van der Waals surface area contributed by atoms with E-state index in [0.29, 0.717) is 5.02 Å². The SMILES string of the molecule is CC(C1c2ccccc2CCN1c1ccc(Cl)cc1)[N+](=O)[O-]. The van der Waals surface area contributed by atoms with Gasteiger partial charge in [0.25, 0.3) is 0 Å². The van der Waals surface area contributed by atoms with Crippen molar-refractivity contribution in [2.45, 2.75) is 25.4 Å². The first-order valence-corrected chi connectivity index (χ1v) is 7.69. The van der Waals surface area contributed by atoms with Crippen molar-refractivity contribution in [1.82, 2.24) is 0 Å². The lowest BCUT2D eigenvalue weighted by Crippen LogP contribution is -2.43. The van der Waals surface area contributed by atoms with Gasteiger partial charge < -0.3 is 4.90 Å². The van der Waals surface area contributed by atoms with Gasteiger partial charge in [0, 0.05) is 29.1 Å². The Kier molecular flexibility index (Phi) is 4.03. The summed E-state index contributed by atoms with van der Waals surface area (Å²) in [6, 6.07) is 14.6. The maximum atomic E-state index is 11.4. The van der Waals surface area contributed by atoms with Crippen LogP contribution in [0.5, 0.6) is 0 Å². The van der Waals surface area contributed by atoms with Gasteiger partial charge in [-0.15, -0.1) is 0 Å². The summed E-state index contributed by atoms with van der Waals surface area (Å²) in [5, 5.41) is 12.1. The van der Waals surface area contributed by atoms with Gasteiger partial charge in [-0.2, -0.15) is 0 Å². The predicted molar refractivity (Wildman–Crippen MR) is 88.1 cm³/mol. The Morgan fingerprint density at radius 2 is 1.91 bits per heavy atom. The molecule has 0 aliphatic carbocycles. The van der Waals surface area contributed by atoms with Crippen molar-refractivity contribution < 1.29 is 4.92 Å². The van der Waals surface area contributed by atoms with Crippen molar-refractivity contribution in [3.63, 3.8) is 0 Å². The van der Waals surface area contributed by atoms with Crippen molar-refractivity contribution in [1.29, 1.82) is 0 Å². The van der Waals surface area contributed by atoms with E-state index >= 15 is 0 Å². The second-order valence-electron chi connectivity index (χ2n) is 5.59. The van der Waals surface area contributed by atoms with Crippen LogP contribution in [0.1, 0.15) is 24.1 Å². The lowest BCUT2D eigenvalue weighted by atomic mass is 9.88. The highest BCUT2D eigenvalue weighted by atomic mass is 35.5. The number of halogens is 1. The summed E-state index contributed by atoms with van der Waals surface area (Å²) in [6.45, 7) is 2.44. The minimum Gasteiger partial charge on any atom is -0.358 e. The zero-order valence-electron chi connectivity index (χ0n) is 12.3. The highest BCUT2D eigenvalue weighted by molar-refractivity contribution is 6.30. The second kappa shape index (κ2) is 5.97. The molecular weight excluding hydrogens is 300 g/mol. The Morgan fingerprint density at radius 1 is 1.23 bits per heavy atom. The van der Waals surface area contributed by atoms with Crippen molar-refractivity contribution in [3.05, 3.63) is 74.8 Å². The van der Waals surface area contributed by atoms with Crippen LogP contribution in [0.25, 0.3) is 0 Å². The molecule has 1 aliphatic rings. The van der Waals surface area contributed by atoms with Crippen LogP contribution in [0.3, 0.4) is 0 Å². The Labute approximate surface area is 134 Å². The Hall–Kier alpha value is -2.07. The van der Waals surface area contributed by atoms with Gasteiger partial charge in [-0.1, -0.05) is 35.9 Å². The third kappa shape index (κ3) is 2.66. The largest absolute Gasteiger partial charge is 0.358 e. The summed E-state index contributed by atoms with van der Waals surface area (Å²) in [7, 11) is 0. The number of hydrogen-bond donors (Lipinski definition) is 0. The molecular formula is C17H17ClN2O2. The fourth-order valence-corrected chi connectivity index (χ4v) is 3.28. The lowest BCUT2D eigenvalue weighted by Gasteiger charge is -2.39. The van der Waals surface area contributed by atoms with Crippen LogP contribution in [0.4, 0.5) is 5.69 Å². The van der Waals surface area contributed by atoms with E-state index in [1.807, 2.05) is 42.5 Å². The Bertz CT molecular complexity index is 687. The van der Waals surface area contributed by atoms with Crippen LogP contribution in [0, 0.1) is 10.1 Å². The normalized spacial score (nSPS) is 18.6. The molecule has 0 aromatic heterocycles. The van der Waals surface area contributed by atoms with Gasteiger partial charge in [0.05, 0.1) is 0 Å². The summed E-state index contributed by atoms with van der Waals surface area (Å²) in [5.41, 5.74) is 3.22. The standard InChI is InChI=1S/C17H17ClN2O2/c1-12(20(21)22)17-16-5-3-2-4-13(16)10-11-19(17)15-8-6-14(18)7-9-15/h2-9,12,17H,10-11H2,1H3. The molecule has 0 fully saturated rings. The molecule has 0 amide bonds. The van der Waals surface area contributed by atoms with E-state index in [4.69, 9.17) is 11.6 Å². The minimum atomic E-state index is -0.683. The predicted octanol–water partition coefficient (Wildman–Crippen LogP) is 4.11. The van der Waals surface area contributed by atoms with Gasteiger partial charge in [-0.25, -0.2) is 0 Å². The van der Waals surface area contributed by atoms with E-state index < -0.39 is 6.04 Å². The number of nitro groups is 1. The molecule has 1 heterocycles. The molecule has 4 nitrogen and oxygen atoms in total. The molecule has 0 saturated heterocycles. The van der Waals surface area contributed by atoms with Crippen molar-refractivity contribution in [3.8, 4) is 0 Å². The first-order chi connectivity index (χ1) is 10.6. The van der Waals surface area contributed by atoms with E-state index in [1.165, 1.54) is 5.56 Å². The highest BCUT2D eigenvalue weighted by Gasteiger charge is 2.37. The fraction of sp³-hybridized carbons (Fsp3) is 0.294. The van der Waals surface area contributed by atoms with E-state index in [-0.39, 0.29) is 11.0 Å². The molecule has 2 atom stereocenters. The molecule has 0 N–H and O–H groups in total. The van der Waals surface area contributed by atoms with Gasteiger partial charge in [0.15, 0.2) is 0 Å². The average molecular weight is 317 g/mol. The summed E-state index contributed by atoms with van der Waals surface area (Å²) in [4.78, 5) is 13.3. The van der Waals surface area contributed by atoms with Gasteiger partial charge in [0.2, 0.25) is 6.04 Å². The number of benzene rings is 2. The molecule has 5 heteroatoms. The molecule has 2 aromatic rings. The van der Waals surface area contributed by atoms with E-state index in [2.05, 4.69) is 11.0 Å². The zero-order valence-corrected chi connectivity index (χ0v) is 13.0. The van der Waals surface area contributed by atoms with Crippen molar-refractivity contribution in [2.24, 2.45) is 0 Å². The third-order valence-corrected chi connectivity index (χ3v) is 4.53. The molecule has 0 radical (unpaired) electrons. The first-order valence-electron chi connectivity index (χ1n) is 7.31. The number of hydrogen-bond acceptors (Lipinski definition) is 3. The number of rotatable bonds is 3. The average Bonchev–Trinajstić information content (AvgIpc) is 2.54. The monoisotopic (exact) mass is 316 g/mol. The molecule has 0 spiro atoms. The number of nitrogens with zero attached hydrogens (tertiary/aromatic N) is 2. The molecule has 114 valence electrons. The second-order valence-corrected chi connectivity index (χ2v) is 6.03. The third-order valence-electron chi connectivity index (χ3n) is 4.28. The highest BCUT2D eigenvalue weighted by Crippen LogP contribution is 2.36. The van der Waals surface area contributed by atoms with Crippen LogP contribution in [-0.2, 0) is 6.42 Å². The minimum absolute atomic E-state index is 0.199. The molecule has 0 saturated carbocycles. The summed E-state index contributed by atoms with van der Waals surface area (Å²) in [5.74, 6) is 0. The quantitative estimate of drug-likeness (QED) is 0.632. The number of fused-ring (bicyclic) bond motifs is 1. The van der Waals surface area contributed by atoms with Crippen molar-refractivity contribution >= 4 is 17.3 Å². The molecule has 0 bridgehead atoms. The van der Waals surface area contributed by atoms with Gasteiger partial charge in [-0.3, -0.25) is 10.1 Å². The molecule has 3 rings (SSSR count). The number of anilines is 1. The van der Waals surface area contributed by atoms with Crippen molar-refractivity contribution in [2.75, 3.05) is 11.4 Å². The first kappa shape index (κ1) is 14.9. The topological polar surface area (TPSA) is 46.4 Å². The summed E-state index contributed by atoms with van der Waals surface area (Å²) in [6.07, 6.45) is 0.889. The van der Waals surface area contributed by atoms with E-state index in [9.17, 15) is 10.1 Å². The van der Waals surface area contributed by atoms with Gasteiger partial charge >= 0.3 is 0 Å². The maximum absolute atomic E-state index is 11.4. The molecule has 2 unspecified atom stereocenters. The Morgan fingerprint density at radius 3 is 2.59 bits per heavy atom. The van der Waals surface area contributed by atoms with Crippen LogP contribution in [-0.4, -0.2) is 17.5 Å². The fourth-order valence-electron chi connectivity index (χ4n) is 3.16.